The van der Waals surface area contributed by atoms with Crippen LogP contribution in [0.25, 0.3) is 0 Å². The summed E-state index contributed by atoms with van der Waals surface area (Å²) in [6, 6.07) is 5.63. The maximum atomic E-state index is 13.1. The second-order valence-corrected chi connectivity index (χ2v) is 4.07. The summed E-state index contributed by atoms with van der Waals surface area (Å²) in [4.78, 5) is 11.7. The molecule has 1 aromatic carbocycles. The van der Waals surface area contributed by atoms with Crippen molar-refractivity contribution in [2.75, 3.05) is 11.9 Å². The quantitative estimate of drug-likeness (QED) is 0.837. The second kappa shape index (κ2) is 6.72. The molecule has 96 valence electrons. The molecular formula is C13H16FN3O. The van der Waals surface area contributed by atoms with Crippen molar-refractivity contribution in [1.29, 1.82) is 5.26 Å². The molecule has 0 heterocycles. The van der Waals surface area contributed by atoms with Crippen molar-refractivity contribution in [3.63, 3.8) is 0 Å². The third kappa shape index (κ3) is 3.82. The molecule has 0 spiro atoms. The Balaban J connectivity index is 2.68. The van der Waals surface area contributed by atoms with E-state index < -0.39 is 5.82 Å². The number of benzene rings is 1. The van der Waals surface area contributed by atoms with Crippen molar-refractivity contribution < 1.29 is 9.18 Å². The molecule has 4 nitrogen and oxygen atoms in total. The van der Waals surface area contributed by atoms with E-state index in [4.69, 9.17) is 11.0 Å². The molecule has 0 aromatic heterocycles. The normalized spacial score (nSPS) is 11.7. The molecule has 1 amide bonds. The van der Waals surface area contributed by atoms with Gasteiger partial charge in [-0.1, -0.05) is 13.3 Å². The molecule has 0 aliphatic carbocycles. The number of nitriles is 1. The van der Waals surface area contributed by atoms with Crippen LogP contribution in [0.2, 0.25) is 0 Å². The van der Waals surface area contributed by atoms with Crippen molar-refractivity contribution in [2.24, 2.45) is 11.7 Å². The van der Waals surface area contributed by atoms with Gasteiger partial charge in [0.2, 0.25) is 5.91 Å². The van der Waals surface area contributed by atoms with Crippen LogP contribution in [-0.4, -0.2) is 12.5 Å². The predicted octanol–water partition coefficient (Wildman–Crippen LogP) is 2.01. The van der Waals surface area contributed by atoms with Crippen LogP contribution in [-0.2, 0) is 4.79 Å². The van der Waals surface area contributed by atoms with Gasteiger partial charge < -0.3 is 11.1 Å². The van der Waals surface area contributed by atoms with Crippen molar-refractivity contribution in [1.82, 2.24) is 0 Å². The number of nitrogens with two attached hydrogens (primary N) is 1. The van der Waals surface area contributed by atoms with Gasteiger partial charge in [-0.3, -0.25) is 4.79 Å². The van der Waals surface area contributed by atoms with Crippen LogP contribution in [0, 0.1) is 23.1 Å². The minimum absolute atomic E-state index is 0.0846. The third-order valence-electron chi connectivity index (χ3n) is 2.76. The first-order chi connectivity index (χ1) is 8.60. The van der Waals surface area contributed by atoms with Gasteiger partial charge in [-0.2, -0.15) is 5.26 Å². The number of hydrogen-bond donors (Lipinski definition) is 2. The Hall–Kier alpha value is -1.93. The van der Waals surface area contributed by atoms with Gasteiger partial charge in [0, 0.05) is 12.1 Å². The van der Waals surface area contributed by atoms with E-state index in [1.807, 2.05) is 6.92 Å². The fraction of sp³-hybridized carbons (Fsp3) is 0.385. The lowest BCUT2D eigenvalue weighted by atomic mass is 10.0. The zero-order chi connectivity index (χ0) is 13.5. The van der Waals surface area contributed by atoms with Crippen LogP contribution in [0.3, 0.4) is 0 Å². The smallest absolute Gasteiger partial charge is 0.224 e. The summed E-state index contributed by atoms with van der Waals surface area (Å²) >= 11 is 0. The number of carbonyl (C=O) groups is 1. The van der Waals surface area contributed by atoms with Crippen molar-refractivity contribution in [2.45, 2.75) is 19.8 Å². The van der Waals surface area contributed by atoms with Crippen LogP contribution in [0.1, 0.15) is 25.3 Å². The Morgan fingerprint density at radius 3 is 2.89 bits per heavy atom. The first kappa shape index (κ1) is 14.1. The predicted molar refractivity (Wildman–Crippen MR) is 67.2 cm³/mol. The maximum Gasteiger partial charge on any atom is 0.224 e. The number of hydrogen-bond acceptors (Lipinski definition) is 3. The van der Waals surface area contributed by atoms with E-state index in [0.717, 1.165) is 12.5 Å². The molecule has 1 rings (SSSR count). The molecule has 3 N–H and O–H groups in total. The zero-order valence-electron chi connectivity index (χ0n) is 10.2. The highest BCUT2D eigenvalue weighted by molar-refractivity contribution is 5.91. The maximum absolute atomic E-state index is 13.1. The summed E-state index contributed by atoms with van der Waals surface area (Å²) in [5.41, 5.74) is 5.85. The molecule has 0 aliphatic heterocycles. The SMILES string of the molecule is CCC(CN)CC(=O)Nc1ccc(F)c(C#N)c1. The highest BCUT2D eigenvalue weighted by Crippen LogP contribution is 2.15. The van der Waals surface area contributed by atoms with Crippen LogP contribution in [0.5, 0.6) is 0 Å². The summed E-state index contributed by atoms with van der Waals surface area (Å²) in [5.74, 6) is -0.632. The molecule has 0 radical (unpaired) electrons. The molecule has 1 aromatic rings. The summed E-state index contributed by atoms with van der Waals surface area (Å²) in [7, 11) is 0. The Morgan fingerprint density at radius 1 is 1.61 bits per heavy atom. The number of nitrogens with zero attached hydrogens (tertiary/aromatic N) is 1. The molecule has 1 atom stereocenters. The van der Waals surface area contributed by atoms with Gasteiger partial charge >= 0.3 is 0 Å². The highest BCUT2D eigenvalue weighted by atomic mass is 19.1. The van der Waals surface area contributed by atoms with Crippen LogP contribution >= 0.6 is 0 Å². The average molecular weight is 249 g/mol. The van der Waals surface area contributed by atoms with E-state index in [2.05, 4.69) is 5.32 Å². The first-order valence-electron chi connectivity index (χ1n) is 5.80. The molecule has 18 heavy (non-hydrogen) atoms. The number of carbonyl (C=O) groups excluding carboxylic acids is 1. The summed E-state index contributed by atoms with van der Waals surface area (Å²) in [6.07, 6.45) is 1.16. The molecule has 0 fully saturated rings. The molecule has 1 unspecified atom stereocenters. The molecule has 0 bridgehead atoms. The average Bonchev–Trinajstić information content (AvgIpc) is 2.38. The number of anilines is 1. The van der Waals surface area contributed by atoms with Crippen LogP contribution < -0.4 is 11.1 Å². The van der Waals surface area contributed by atoms with Crippen LogP contribution in [0.4, 0.5) is 10.1 Å². The number of amides is 1. The zero-order valence-corrected chi connectivity index (χ0v) is 10.2. The van der Waals surface area contributed by atoms with Gasteiger partial charge in [0.25, 0.3) is 0 Å². The fourth-order valence-electron chi connectivity index (χ4n) is 1.56. The van der Waals surface area contributed by atoms with E-state index in [1.54, 1.807) is 6.07 Å². The lowest BCUT2D eigenvalue weighted by Crippen LogP contribution is -2.21. The van der Waals surface area contributed by atoms with Crippen molar-refractivity contribution in [3.8, 4) is 6.07 Å². The Kier molecular flexibility index (Phi) is 5.28. The second-order valence-electron chi connectivity index (χ2n) is 4.07. The Bertz CT molecular complexity index is 464. The number of nitrogens with one attached hydrogen (secondary N) is 1. The van der Waals surface area contributed by atoms with Gasteiger partial charge in [0.1, 0.15) is 11.9 Å². The Labute approximate surface area is 106 Å². The molecule has 0 saturated heterocycles. The number of rotatable bonds is 5. The van der Waals surface area contributed by atoms with Gasteiger partial charge in [-0.05, 0) is 30.7 Å². The molecule has 5 heteroatoms. The largest absolute Gasteiger partial charge is 0.330 e. The van der Waals surface area contributed by atoms with Gasteiger partial charge in [0.15, 0.2) is 0 Å². The van der Waals surface area contributed by atoms with E-state index in [1.165, 1.54) is 12.1 Å². The van der Waals surface area contributed by atoms with Gasteiger partial charge in [0.05, 0.1) is 5.56 Å². The van der Waals surface area contributed by atoms with Gasteiger partial charge in [-0.25, -0.2) is 4.39 Å². The fourth-order valence-corrected chi connectivity index (χ4v) is 1.56. The summed E-state index contributed by atoms with van der Waals surface area (Å²) in [5, 5.41) is 11.3. The minimum atomic E-state index is -0.594. The van der Waals surface area contributed by atoms with E-state index in [-0.39, 0.29) is 17.4 Å². The third-order valence-corrected chi connectivity index (χ3v) is 2.76. The minimum Gasteiger partial charge on any atom is -0.330 e. The standard InChI is InChI=1S/C13H16FN3O/c1-2-9(7-15)5-13(18)17-11-3-4-12(14)10(6-11)8-16/h3-4,6,9H,2,5,7,15H2,1H3,(H,17,18). The molecule has 0 aliphatic rings. The first-order valence-corrected chi connectivity index (χ1v) is 5.80. The van der Waals surface area contributed by atoms with Crippen LogP contribution in [0.15, 0.2) is 18.2 Å². The van der Waals surface area contributed by atoms with E-state index in [9.17, 15) is 9.18 Å². The van der Waals surface area contributed by atoms with Gasteiger partial charge in [-0.15, -0.1) is 0 Å². The monoisotopic (exact) mass is 249 g/mol. The Morgan fingerprint density at radius 2 is 2.33 bits per heavy atom. The highest BCUT2D eigenvalue weighted by Gasteiger charge is 2.11. The lowest BCUT2D eigenvalue weighted by molar-refractivity contribution is -0.117. The van der Waals surface area contributed by atoms with E-state index in [0.29, 0.717) is 18.7 Å². The summed E-state index contributed by atoms with van der Waals surface area (Å²) in [6.45, 7) is 2.42. The lowest BCUT2D eigenvalue weighted by Gasteiger charge is -2.12. The van der Waals surface area contributed by atoms with E-state index >= 15 is 0 Å². The topological polar surface area (TPSA) is 78.9 Å². The van der Waals surface area contributed by atoms with Crippen molar-refractivity contribution >= 4 is 11.6 Å². The molecule has 0 saturated carbocycles. The number of halogens is 1. The summed E-state index contributed by atoms with van der Waals surface area (Å²) < 4.78 is 13.1. The van der Waals surface area contributed by atoms with Crippen molar-refractivity contribution in [3.05, 3.63) is 29.6 Å². The molecular weight excluding hydrogens is 233 g/mol.